The van der Waals surface area contributed by atoms with Gasteiger partial charge in [0.25, 0.3) is 0 Å². The van der Waals surface area contributed by atoms with E-state index in [1.54, 1.807) is 4.90 Å². The van der Waals surface area contributed by atoms with Crippen molar-refractivity contribution in [2.45, 2.75) is 52.1 Å². The molecule has 0 atom stereocenters. The Morgan fingerprint density at radius 2 is 1.83 bits per heavy atom. The maximum atomic E-state index is 12.1. The number of likely N-dealkylation sites (tertiary alicyclic amines) is 1. The van der Waals surface area contributed by atoms with E-state index in [1.807, 2.05) is 39.0 Å². The molecule has 0 aromatic heterocycles. The molecule has 1 fully saturated rings. The van der Waals surface area contributed by atoms with E-state index in [9.17, 15) is 9.59 Å². The van der Waals surface area contributed by atoms with Crippen LogP contribution in [0.5, 0.6) is 0 Å². The minimum absolute atomic E-state index is 0.278. The van der Waals surface area contributed by atoms with Gasteiger partial charge in [-0.25, -0.2) is 4.79 Å². The zero-order valence-electron chi connectivity index (χ0n) is 14.4. The number of carbonyl (C=O) groups excluding carboxylic acids is 2. The van der Waals surface area contributed by atoms with Crippen LogP contribution in [0.1, 0.15) is 45.6 Å². The molecule has 126 valence electrons. The number of hydrogen-bond acceptors (Lipinski definition) is 3. The average molecular weight is 317 g/mol. The number of aldehydes is 1. The van der Waals surface area contributed by atoms with Crippen molar-refractivity contribution < 1.29 is 14.3 Å². The maximum absolute atomic E-state index is 12.1. The molecule has 23 heavy (non-hydrogen) atoms. The van der Waals surface area contributed by atoms with Gasteiger partial charge < -0.3 is 14.4 Å². The van der Waals surface area contributed by atoms with Crippen LogP contribution in [0, 0.1) is 5.41 Å². The van der Waals surface area contributed by atoms with Gasteiger partial charge in [-0.2, -0.15) is 0 Å². The first-order valence-electron chi connectivity index (χ1n) is 8.32. The first-order chi connectivity index (χ1) is 10.8. The molecule has 0 spiro atoms. The van der Waals surface area contributed by atoms with Crippen molar-refractivity contribution in [2.75, 3.05) is 13.1 Å². The van der Waals surface area contributed by atoms with Gasteiger partial charge in [0, 0.05) is 18.5 Å². The maximum Gasteiger partial charge on any atom is 0.410 e. The number of nitrogens with zero attached hydrogens (tertiary/aromatic N) is 1. The van der Waals surface area contributed by atoms with E-state index >= 15 is 0 Å². The summed E-state index contributed by atoms with van der Waals surface area (Å²) in [5.41, 5.74) is 0.459. The van der Waals surface area contributed by atoms with E-state index in [2.05, 4.69) is 12.1 Å². The molecule has 1 aliphatic heterocycles. The van der Waals surface area contributed by atoms with Crippen LogP contribution >= 0.6 is 0 Å². The smallest absolute Gasteiger partial charge is 0.410 e. The summed E-state index contributed by atoms with van der Waals surface area (Å²) in [5.74, 6) is 0. The second kappa shape index (κ2) is 7.16. The third-order valence-electron chi connectivity index (χ3n) is 4.42. The fourth-order valence-corrected chi connectivity index (χ4v) is 2.93. The number of rotatable bonds is 4. The highest BCUT2D eigenvalue weighted by molar-refractivity contribution is 5.69. The van der Waals surface area contributed by atoms with Gasteiger partial charge in [0.2, 0.25) is 0 Å². The molecule has 1 heterocycles. The number of benzene rings is 1. The van der Waals surface area contributed by atoms with Crippen molar-refractivity contribution in [3.63, 3.8) is 0 Å². The highest BCUT2D eigenvalue weighted by atomic mass is 16.6. The molecular weight excluding hydrogens is 290 g/mol. The molecule has 1 saturated heterocycles. The van der Waals surface area contributed by atoms with Gasteiger partial charge in [0.05, 0.1) is 0 Å². The molecule has 0 unspecified atom stereocenters. The van der Waals surface area contributed by atoms with E-state index in [0.717, 1.165) is 19.1 Å². The predicted molar refractivity (Wildman–Crippen MR) is 90.3 cm³/mol. The summed E-state index contributed by atoms with van der Waals surface area (Å²) < 4.78 is 5.41. The lowest BCUT2D eigenvalue weighted by Gasteiger charge is -2.38. The SMILES string of the molecule is CC(C)(C)OC(=O)N1CCC(C=O)(CCc2ccccc2)CC1. The van der Waals surface area contributed by atoms with Crippen LogP contribution in [0.3, 0.4) is 0 Å². The van der Waals surface area contributed by atoms with E-state index in [4.69, 9.17) is 4.74 Å². The quantitative estimate of drug-likeness (QED) is 0.793. The van der Waals surface area contributed by atoms with E-state index in [0.29, 0.717) is 25.9 Å². The molecule has 0 radical (unpaired) electrons. The normalized spacial score (nSPS) is 17.6. The number of hydrogen-bond donors (Lipinski definition) is 0. The lowest BCUT2D eigenvalue weighted by atomic mass is 9.75. The van der Waals surface area contributed by atoms with Crippen molar-refractivity contribution in [3.8, 4) is 0 Å². The molecule has 0 N–H and O–H groups in total. The minimum atomic E-state index is -0.483. The van der Waals surface area contributed by atoms with Crippen LogP contribution in [0.15, 0.2) is 30.3 Å². The van der Waals surface area contributed by atoms with E-state index in [-0.39, 0.29) is 11.5 Å². The lowest BCUT2D eigenvalue weighted by molar-refractivity contribution is -0.119. The Bertz CT molecular complexity index is 525. The molecule has 0 bridgehead atoms. The zero-order chi connectivity index (χ0) is 16.9. The van der Waals surface area contributed by atoms with Crippen molar-refractivity contribution in [1.82, 2.24) is 4.90 Å². The third-order valence-corrected chi connectivity index (χ3v) is 4.42. The van der Waals surface area contributed by atoms with Gasteiger partial charge >= 0.3 is 6.09 Å². The van der Waals surface area contributed by atoms with Crippen molar-refractivity contribution in [1.29, 1.82) is 0 Å². The highest BCUT2D eigenvalue weighted by Gasteiger charge is 2.36. The molecule has 4 nitrogen and oxygen atoms in total. The Morgan fingerprint density at radius 1 is 1.22 bits per heavy atom. The molecule has 1 amide bonds. The summed E-state index contributed by atoms with van der Waals surface area (Å²) >= 11 is 0. The number of carbonyl (C=O) groups is 2. The van der Waals surface area contributed by atoms with Gasteiger partial charge in [-0.1, -0.05) is 30.3 Å². The average Bonchev–Trinajstić information content (AvgIpc) is 2.53. The monoisotopic (exact) mass is 317 g/mol. The fraction of sp³-hybridized carbons (Fsp3) is 0.579. The Labute approximate surface area is 138 Å². The molecule has 0 saturated carbocycles. The van der Waals surface area contributed by atoms with Gasteiger partial charge in [0.1, 0.15) is 11.9 Å². The largest absolute Gasteiger partial charge is 0.444 e. The van der Waals surface area contributed by atoms with Crippen molar-refractivity contribution in [3.05, 3.63) is 35.9 Å². The summed E-state index contributed by atoms with van der Waals surface area (Å²) in [7, 11) is 0. The molecule has 0 aliphatic carbocycles. The summed E-state index contributed by atoms with van der Waals surface area (Å²) in [4.78, 5) is 25.5. The topological polar surface area (TPSA) is 46.6 Å². The van der Waals surface area contributed by atoms with Crippen LogP contribution in [-0.2, 0) is 16.0 Å². The predicted octanol–water partition coefficient (Wildman–Crippen LogP) is 3.84. The third kappa shape index (κ3) is 5.08. The second-order valence-electron chi connectivity index (χ2n) is 7.43. The second-order valence-corrected chi connectivity index (χ2v) is 7.43. The molecule has 4 heteroatoms. The Kier molecular flexibility index (Phi) is 5.45. The van der Waals surface area contributed by atoms with Crippen molar-refractivity contribution >= 4 is 12.4 Å². The summed E-state index contributed by atoms with van der Waals surface area (Å²) in [5, 5.41) is 0. The zero-order valence-corrected chi connectivity index (χ0v) is 14.4. The van der Waals surface area contributed by atoms with Crippen LogP contribution in [0.2, 0.25) is 0 Å². The van der Waals surface area contributed by atoms with Crippen LogP contribution in [0.4, 0.5) is 4.79 Å². The fourth-order valence-electron chi connectivity index (χ4n) is 2.93. The number of amides is 1. The van der Waals surface area contributed by atoms with Gasteiger partial charge in [-0.15, -0.1) is 0 Å². The minimum Gasteiger partial charge on any atom is -0.444 e. The summed E-state index contributed by atoms with van der Waals surface area (Å²) in [6.45, 7) is 6.77. The van der Waals surface area contributed by atoms with Crippen molar-refractivity contribution in [2.24, 2.45) is 5.41 Å². The molecule has 1 aromatic carbocycles. The van der Waals surface area contributed by atoms with Gasteiger partial charge in [0.15, 0.2) is 0 Å². The first-order valence-corrected chi connectivity index (χ1v) is 8.32. The standard InChI is InChI=1S/C19H27NO3/c1-18(2,3)23-17(22)20-13-11-19(15-21,12-14-20)10-9-16-7-5-4-6-8-16/h4-8,15H,9-14H2,1-3H3. The molecular formula is C19H27NO3. The number of piperidine rings is 1. The molecule has 1 aliphatic rings. The Morgan fingerprint density at radius 3 is 2.35 bits per heavy atom. The van der Waals surface area contributed by atoms with E-state index in [1.165, 1.54) is 5.56 Å². The van der Waals surface area contributed by atoms with Crippen LogP contribution in [0.25, 0.3) is 0 Å². The summed E-state index contributed by atoms with van der Waals surface area (Å²) in [6, 6.07) is 10.2. The Hall–Kier alpha value is -1.84. The van der Waals surface area contributed by atoms with Crippen LogP contribution in [-0.4, -0.2) is 36.0 Å². The van der Waals surface area contributed by atoms with E-state index < -0.39 is 5.60 Å². The highest BCUT2D eigenvalue weighted by Crippen LogP contribution is 2.34. The number of aryl methyl sites for hydroxylation is 1. The number of ether oxygens (including phenoxy) is 1. The molecule has 2 rings (SSSR count). The Balaban J connectivity index is 1.89. The van der Waals surface area contributed by atoms with Gasteiger partial charge in [-0.05, 0) is 52.0 Å². The van der Waals surface area contributed by atoms with Crippen LogP contribution < -0.4 is 0 Å². The molecule has 1 aromatic rings. The lowest BCUT2D eigenvalue weighted by Crippen LogP contribution is -2.45. The first kappa shape index (κ1) is 17.5. The van der Waals surface area contributed by atoms with Gasteiger partial charge in [-0.3, -0.25) is 0 Å². The summed E-state index contributed by atoms with van der Waals surface area (Å²) in [6.07, 6.45) is 3.97.